The molecule has 0 aromatic heterocycles. The molecule has 1 amide bonds. The maximum absolute atomic E-state index is 11.7. The number of benzene rings is 1. The molecule has 0 saturated carbocycles. The molecule has 1 saturated heterocycles. The predicted octanol–water partition coefficient (Wildman–Crippen LogP) is 4.69. The Labute approximate surface area is 192 Å². The van der Waals surface area contributed by atoms with E-state index in [1.54, 1.807) is 0 Å². The molecular weight excluding hydrogens is 410 g/mol. The van der Waals surface area contributed by atoms with Gasteiger partial charge in [-0.1, -0.05) is 63.9 Å². The number of esters is 1. The number of unbranched alkanes of at least 4 members (excludes halogenated alkanes) is 3. The highest BCUT2D eigenvalue weighted by Crippen LogP contribution is 2.35. The van der Waals surface area contributed by atoms with E-state index in [4.69, 9.17) is 18.9 Å². The van der Waals surface area contributed by atoms with Gasteiger partial charge in [0.05, 0.1) is 6.10 Å². The van der Waals surface area contributed by atoms with Crippen LogP contribution in [0, 0.1) is 17.8 Å². The lowest BCUT2D eigenvalue weighted by molar-refractivity contribution is -0.255. The van der Waals surface area contributed by atoms with Gasteiger partial charge in [0.2, 0.25) is 0 Å². The molecule has 0 bridgehead atoms. The summed E-state index contributed by atoms with van der Waals surface area (Å²) in [5.41, 5.74) is 0.973. The van der Waals surface area contributed by atoms with Crippen LogP contribution < -0.4 is 5.32 Å². The predicted molar refractivity (Wildman–Crippen MR) is 122 cm³/mol. The van der Waals surface area contributed by atoms with Gasteiger partial charge in [0.25, 0.3) is 0 Å². The fourth-order valence-electron chi connectivity index (χ4n) is 3.81. The fourth-order valence-corrected chi connectivity index (χ4v) is 3.81. The van der Waals surface area contributed by atoms with Gasteiger partial charge in [0.15, 0.2) is 6.29 Å². The van der Waals surface area contributed by atoms with Gasteiger partial charge in [-0.3, -0.25) is 4.79 Å². The second kappa shape index (κ2) is 14.1. The smallest absolute Gasteiger partial charge is 0.407 e. The van der Waals surface area contributed by atoms with Crippen LogP contribution in [0.2, 0.25) is 0 Å². The lowest BCUT2D eigenvalue weighted by Gasteiger charge is -2.43. The molecule has 2 rings (SSSR count). The zero-order chi connectivity index (χ0) is 23.3. The molecule has 1 aliphatic rings. The van der Waals surface area contributed by atoms with Gasteiger partial charge in [-0.25, -0.2) is 4.79 Å². The van der Waals surface area contributed by atoms with E-state index in [-0.39, 0.29) is 43.6 Å². The Morgan fingerprint density at radius 3 is 2.38 bits per heavy atom. The van der Waals surface area contributed by atoms with E-state index in [0.717, 1.165) is 31.2 Å². The summed E-state index contributed by atoms with van der Waals surface area (Å²) >= 11 is 0. The minimum Gasteiger partial charge on any atom is -0.463 e. The molecule has 5 atom stereocenters. The molecule has 1 fully saturated rings. The van der Waals surface area contributed by atoms with E-state index in [2.05, 4.69) is 26.1 Å². The largest absolute Gasteiger partial charge is 0.463 e. The SMILES string of the molecule is CC(=O)OCC1O[C@@H](OCCCCCCNC(=O)OCc2ccccc2)C(C)[C@@H](C)[C@H]1C. The van der Waals surface area contributed by atoms with Gasteiger partial charge in [-0.05, 0) is 30.2 Å². The van der Waals surface area contributed by atoms with Gasteiger partial charge >= 0.3 is 12.1 Å². The number of alkyl carbamates (subject to hydrolysis) is 1. The van der Waals surface area contributed by atoms with Crippen LogP contribution in [-0.2, 0) is 30.3 Å². The van der Waals surface area contributed by atoms with Crippen LogP contribution in [0.1, 0.15) is 58.9 Å². The van der Waals surface area contributed by atoms with Gasteiger partial charge < -0.3 is 24.3 Å². The molecule has 32 heavy (non-hydrogen) atoms. The van der Waals surface area contributed by atoms with Crippen molar-refractivity contribution in [1.82, 2.24) is 5.32 Å². The van der Waals surface area contributed by atoms with Crippen LogP contribution in [0.25, 0.3) is 0 Å². The quantitative estimate of drug-likeness (QED) is 0.368. The van der Waals surface area contributed by atoms with E-state index < -0.39 is 0 Å². The molecule has 1 heterocycles. The molecule has 1 aliphatic heterocycles. The average Bonchev–Trinajstić information content (AvgIpc) is 2.79. The van der Waals surface area contributed by atoms with E-state index in [1.807, 2.05) is 30.3 Å². The normalized spacial score (nSPS) is 25.2. The summed E-state index contributed by atoms with van der Waals surface area (Å²) in [6.07, 6.45) is 3.06. The third kappa shape index (κ3) is 9.17. The van der Waals surface area contributed by atoms with Crippen molar-refractivity contribution in [3.8, 4) is 0 Å². The summed E-state index contributed by atoms with van der Waals surface area (Å²) in [5.74, 6) is 0.714. The monoisotopic (exact) mass is 449 g/mol. The number of hydrogen-bond donors (Lipinski definition) is 1. The van der Waals surface area contributed by atoms with Gasteiger partial charge in [0.1, 0.15) is 13.2 Å². The number of ether oxygens (including phenoxy) is 4. The number of carbonyl (C=O) groups excluding carboxylic acids is 2. The maximum atomic E-state index is 11.7. The minimum atomic E-state index is -0.382. The van der Waals surface area contributed by atoms with Crippen LogP contribution in [0.3, 0.4) is 0 Å². The van der Waals surface area contributed by atoms with Crippen molar-refractivity contribution in [2.75, 3.05) is 19.8 Å². The first-order valence-electron chi connectivity index (χ1n) is 11.7. The molecule has 7 heteroatoms. The molecule has 0 spiro atoms. The van der Waals surface area contributed by atoms with Crippen molar-refractivity contribution in [3.05, 3.63) is 35.9 Å². The fraction of sp³-hybridized carbons (Fsp3) is 0.680. The van der Waals surface area contributed by atoms with Crippen LogP contribution in [0.15, 0.2) is 30.3 Å². The van der Waals surface area contributed by atoms with Gasteiger partial charge in [0, 0.05) is 26.0 Å². The van der Waals surface area contributed by atoms with Crippen molar-refractivity contribution < 1.29 is 28.5 Å². The number of amides is 1. The number of rotatable bonds is 12. The second-order valence-corrected chi connectivity index (χ2v) is 8.70. The van der Waals surface area contributed by atoms with E-state index in [1.165, 1.54) is 6.92 Å². The summed E-state index contributed by atoms with van der Waals surface area (Å²) in [4.78, 5) is 22.9. The zero-order valence-electron chi connectivity index (χ0n) is 19.9. The van der Waals surface area contributed by atoms with Crippen LogP contribution in [0.4, 0.5) is 4.79 Å². The number of carbonyl (C=O) groups is 2. The Hall–Kier alpha value is -2.12. The van der Waals surface area contributed by atoms with E-state index in [9.17, 15) is 9.59 Å². The summed E-state index contributed by atoms with van der Waals surface area (Å²) in [5, 5.41) is 2.79. The van der Waals surface area contributed by atoms with Crippen molar-refractivity contribution in [2.45, 2.75) is 72.4 Å². The van der Waals surface area contributed by atoms with Crippen molar-refractivity contribution in [3.63, 3.8) is 0 Å². The van der Waals surface area contributed by atoms with Crippen LogP contribution in [0.5, 0.6) is 0 Å². The second-order valence-electron chi connectivity index (χ2n) is 8.70. The Balaban J connectivity index is 1.53. The lowest BCUT2D eigenvalue weighted by atomic mass is 9.79. The summed E-state index contributed by atoms with van der Waals surface area (Å²) in [6.45, 7) is 9.68. The third-order valence-corrected chi connectivity index (χ3v) is 6.27. The molecule has 2 unspecified atom stereocenters. The highest BCUT2D eigenvalue weighted by molar-refractivity contribution is 5.67. The summed E-state index contributed by atoms with van der Waals surface area (Å²) < 4.78 is 22.5. The summed E-state index contributed by atoms with van der Waals surface area (Å²) in [6, 6.07) is 9.63. The molecule has 1 aromatic carbocycles. The maximum Gasteiger partial charge on any atom is 0.407 e. The number of hydrogen-bond acceptors (Lipinski definition) is 6. The average molecular weight is 450 g/mol. The van der Waals surface area contributed by atoms with Crippen molar-refractivity contribution in [1.29, 1.82) is 0 Å². The van der Waals surface area contributed by atoms with Crippen LogP contribution in [-0.4, -0.2) is 44.2 Å². The minimum absolute atomic E-state index is 0.136. The Morgan fingerprint density at radius 2 is 1.66 bits per heavy atom. The van der Waals surface area contributed by atoms with Crippen LogP contribution >= 0.6 is 0 Å². The van der Waals surface area contributed by atoms with E-state index >= 15 is 0 Å². The number of nitrogens with one attached hydrogen (secondary N) is 1. The Kier molecular flexibility index (Phi) is 11.5. The highest BCUT2D eigenvalue weighted by atomic mass is 16.7. The first-order valence-corrected chi connectivity index (χ1v) is 11.7. The van der Waals surface area contributed by atoms with Crippen molar-refractivity contribution in [2.24, 2.45) is 17.8 Å². The van der Waals surface area contributed by atoms with Crippen molar-refractivity contribution >= 4 is 12.1 Å². The Bertz CT molecular complexity index is 682. The first-order chi connectivity index (χ1) is 15.4. The Morgan fingerprint density at radius 1 is 0.938 bits per heavy atom. The summed E-state index contributed by atoms with van der Waals surface area (Å²) in [7, 11) is 0. The lowest BCUT2D eigenvalue weighted by Crippen LogP contribution is -2.47. The zero-order valence-corrected chi connectivity index (χ0v) is 19.9. The topological polar surface area (TPSA) is 83.1 Å². The molecular formula is C25H39NO6. The van der Waals surface area contributed by atoms with E-state index in [0.29, 0.717) is 25.0 Å². The highest BCUT2D eigenvalue weighted by Gasteiger charge is 2.39. The molecule has 0 radical (unpaired) electrons. The van der Waals surface area contributed by atoms with Gasteiger partial charge in [-0.15, -0.1) is 0 Å². The molecule has 1 N–H and O–H groups in total. The molecule has 1 aromatic rings. The third-order valence-electron chi connectivity index (χ3n) is 6.27. The molecule has 7 nitrogen and oxygen atoms in total. The molecule has 180 valence electrons. The molecule has 0 aliphatic carbocycles. The standard InChI is InChI=1S/C25H39NO6/c1-18-19(2)23(17-30-21(4)27)32-24(20(18)3)29-15-11-6-5-10-14-26-25(28)31-16-22-12-8-7-9-13-22/h7-9,12-13,18-20,23-24H,5-6,10-11,14-17H2,1-4H3,(H,26,28)/t18-,19+,20?,23?,24+/m0/s1. The first kappa shape index (κ1) is 26.1. The van der Waals surface area contributed by atoms with Gasteiger partial charge in [-0.2, -0.15) is 0 Å².